The molecule has 0 aliphatic rings. The van der Waals surface area contributed by atoms with Crippen LogP contribution in [0.3, 0.4) is 0 Å². The number of rotatable bonds is 3. The van der Waals surface area contributed by atoms with Crippen LogP contribution in [0.2, 0.25) is 0 Å². The molecule has 1 N–H and O–H groups in total. The standard InChI is InChI=1S/C15H9F2N3OS/c16-10-6-7-11(12(17)8-10)14(21)19-15-18-13(20-22-15)9-4-2-1-3-5-9/h1-8H,(H,18,19,20,21). The van der Waals surface area contributed by atoms with Gasteiger partial charge < -0.3 is 0 Å². The van der Waals surface area contributed by atoms with Crippen molar-refractivity contribution in [2.45, 2.75) is 0 Å². The van der Waals surface area contributed by atoms with Crippen LogP contribution in [-0.2, 0) is 0 Å². The molecule has 110 valence electrons. The van der Waals surface area contributed by atoms with E-state index in [2.05, 4.69) is 14.7 Å². The summed E-state index contributed by atoms with van der Waals surface area (Å²) in [5, 5.41) is 2.70. The Balaban J connectivity index is 1.79. The summed E-state index contributed by atoms with van der Waals surface area (Å²) < 4.78 is 30.5. The monoisotopic (exact) mass is 317 g/mol. The highest BCUT2D eigenvalue weighted by molar-refractivity contribution is 7.10. The number of hydrogen-bond acceptors (Lipinski definition) is 4. The Labute approximate surface area is 128 Å². The van der Waals surface area contributed by atoms with Gasteiger partial charge in [-0.2, -0.15) is 9.36 Å². The lowest BCUT2D eigenvalue weighted by atomic mass is 10.2. The van der Waals surface area contributed by atoms with Gasteiger partial charge in [0.15, 0.2) is 5.82 Å². The number of hydrogen-bond donors (Lipinski definition) is 1. The molecular formula is C15H9F2N3OS. The fraction of sp³-hybridized carbons (Fsp3) is 0. The van der Waals surface area contributed by atoms with E-state index in [0.29, 0.717) is 11.9 Å². The molecule has 3 aromatic rings. The third-order valence-electron chi connectivity index (χ3n) is 2.85. The van der Waals surface area contributed by atoms with E-state index in [4.69, 9.17) is 0 Å². The molecule has 7 heteroatoms. The van der Waals surface area contributed by atoms with Crippen LogP contribution in [-0.4, -0.2) is 15.3 Å². The van der Waals surface area contributed by atoms with E-state index < -0.39 is 17.5 Å². The Hall–Kier alpha value is -2.67. The zero-order valence-electron chi connectivity index (χ0n) is 11.1. The van der Waals surface area contributed by atoms with E-state index in [1.165, 1.54) is 0 Å². The first-order valence-corrected chi connectivity index (χ1v) is 7.06. The first kappa shape index (κ1) is 14.3. The lowest BCUT2D eigenvalue weighted by Crippen LogP contribution is -2.13. The molecular weight excluding hydrogens is 308 g/mol. The van der Waals surface area contributed by atoms with Gasteiger partial charge in [-0.3, -0.25) is 10.1 Å². The molecule has 1 aromatic heterocycles. The van der Waals surface area contributed by atoms with E-state index in [1.807, 2.05) is 30.3 Å². The molecule has 0 radical (unpaired) electrons. The number of nitrogens with one attached hydrogen (secondary N) is 1. The summed E-state index contributed by atoms with van der Waals surface area (Å²) in [7, 11) is 0. The van der Waals surface area contributed by atoms with Crippen molar-refractivity contribution >= 4 is 22.6 Å². The minimum Gasteiger partial charge on any atom is -0.296 e. The second kappa shape index (κ2) is 5.98. The van der Waals surface area contributed by atoms with Crippen LogP contribution < -0.4 is 5.32 Å². The van der Waals surface area contributed by atoms with Gasteiger partial charge in [0.25, 0.3) is 5.91 Å². The lowest BCUT2D eigenvalue weighted by molar-refractivity contribution is 0.102. The molecule has 0 aliphatic heterocycles. The molecule has 1 heterocycles. The highest BCUT2D eigenvalue weighted by Crippen LogP contribution is 2.21. The van der Waals surface area contributed by atoms with Crippen molar-refractivity contribution in [1.82, 2.24) is 9.36 Å². The minimum absolute atomic E-state index is 0.243. The van der Waals surface area contributed by atoms with Crippen LogP contribution in [0.1, 0.15) is 10.4 Å². The van der Waals surface area contributed by atoms with Crippen molar-refractivity contribution in [2.75, 3.05) is 5.32 Å². The van der Waals surface area contributed by atoms with Gasteiger partial charge >= 0.3 is 0 Å². The average molecular weight is 317 g/mol. The molecule has 22 heavy (non-hydrogen) atoms. The molecule has 0 fully saturated rings. The SMILES string of the molecule is O=C(Nc1nc(-c2ccccc2)ns1)c1ccc(F)cc1F. The summed E-state index contributed by atoms with van der Waals surface area (Å²) >= 11 is 0.987. The van der Waals surface area contributed by atoms with Gasteiger partial charge in [0, 0.05) is 23.2 Å². The third-order valence-corrected chi connectivity index (χ3v) is 3.48. The number of amides is 1. The first-order chi connectivity index (χ1) is 10.6. The van der Waals surface area contributed by atoms with E-state index in [1.54, 1.807) is 0 Å². The van der Waals surface area contributed by atoms with E-state index in [0.717, 1.165) is 29.2 Å². The quantitative estimate of drug-likeness (QED) is 0.800. The summed E-state index contributed by atoms with van der Waals surface area (Å²) in [4.78, 5) is 16.1. The Morgan fingerprint density at radius 1 is 1.09 bits per heavy atom. The molecule has 0 unspecified atom stereocenters. The Morgan fingerprint density at radius 3 is 2.59 bits per heavy atom. The number of nitrogens with zero attached hydrogens (tertiary/aromatic N) is 2. The molecule has 0 saturated carbocycles. The number of carbonyl (C=O) groups excluding carboxylic acids is 1. The largest absolute Gasteiger partial charge is 0.296 e. The number of halogens is 2. The molecule has 3 rings (SSSR count). The predicted octanol–water partition coefficient (Wildman–Crippen LogP) is 3.74. The van der Waals surface area contributed by atoms with Crippen molar-refractivity contribution in [1.29, 1.82) is 0 Å². The second-order valence-electron chi connectivity index (χ2n) is 4.37. The molecule has 1 amide bonds. The third kappa shape index (κ3) is 2.99. The number of aromatic nitrogens is 2. The summed E-state index contributed by atoms with van der Waals surface area (Å²) in [6.07, 6.45) is 0. The maximum atomic E-state index is 13.5. The Bertz CT molecular complexity index is 821. The Morgan fingerprint density at radius 2 is 1.86 bits per heavy atom. The smallest absolute Gasteiger partial charge is 0.260 e. The zero-order valence-corrected chi connectivity index (χ0v) is 11.9. The lowest BCUT2D eigenvalue weighted by Gasteiger charge is -2.02. The summed E-state index contributed by atoms with van der Waals surface area (Å²) in [5.41, 5.74) is 0.560. The number of anilines is 1. The molecule has 0 atom stereocenters. The van der Waals surface area contributed by atoms with Crippen molar-refractivity contribution in [3.05, 3.63) is 65.7 Å². The number of carbonyl (C=O) groups is 1. The normalized spacial score (nSPS) is 10.5. The van der Waals surface area contributed by atoms with Crippen LogP contribution in [0.5, 0.6) is 0 Å². The Kier molecular flexibility index (Phi) is 3.88. The van der Waals surface area contributed by atoms with Crippen molar-refractivity contribution < 1.29 is 13.6 Å². The summed E-state index contributed by atoms with van der Waals surface area (Å²) in [6.45, 7) is 0. The first-order valence-electron chi connectivity index (χ1n) is 6.29. The van der Waals surface area contributed by atoms with Crippen molar-refractivity contribution in [2.24, 2.45) is 0 Å². The number of benzene rings is 2. The van der Waals surface area contributed by atoms with E-state index in [9.17, 15) is 13.6 Å². The summed E-state index contributed by atoms with van der Waals surface area (Å²) in [6, 6.07) is 12.0. The van der Waals surface area contributed by atoms with Gasteiger partial charge in [-0.15, -0.1) is 0 Å². The zero-order chi connectivity index (χ0) is 15.5. The molecule has 0 spiro atoms. The topological polar surface area (TPSA) is 54.9 Å². The van der Waals surface area contributed by atoms with Gasteiger partial charge in [0.2, 0.25) is 5.13 Å². The van der Waals surface area contributed by atoms with Gasteiger partial charge in [-0.1, -0.05) is 30.3 Å². The average Bonchev–Trinajstić information content (AvgIpc) is 2.96. The van der Waals surface area contributed by atoms with Gasteiger partial charge in [0.1, 0.15) is 11.6 Å². The molecule has 0 aliphatic carbocycles. The van der Waals surface area contributed by atoms with Crippen LogP contribution in [0.25, 0.3) is 11.4 Å². The molecule has 4 nitrogen and oxygen atoms in total. The second-order valence-corrected chi connectivity index (χ2v) is 5.12. The highest BCUT2D eigenvalue weighted by Gasteiger charge is 2.15. The molecule has 0 saturated heterocycles. The van der Waals surface area contributed by atoms with Gasteiger partial charge in [-0.05, 0) is 12.1 Å². The predicted molar refractivity (Wildman–Crippen MR) is 79.7 cm³/mol. The van der Waals surface area contributed by atoms with Crippen LogP contribution in [0, 0.1) is 11.6 Å². The fourth-order valence-electron chi connectivity index (χ4n) is 1.82. The van der Waals surface area contributed by atoms with Crippen LogP contribution >= 0.6 is 11.5 Å². The van der Waals surface area contributed by atoms with Crippen molar-refractivity contribution in [3.8, 4) is 11.4 Å². The van der Waals surface area contributed by atoms with Crippen molar-refractivity contribution in [3.63, 3.8) is 0 Å². The maximum Gasteiger partial charge on any atom is 0.260 e. The summed E-state index contributed by atoms with van der Waals surface area (Å²) in [5.74, 6) is -1.89. The van der Waals surface area contributed by atoms with E-state index >= 15 is 0 Å². The van der Waals surface area contributed by atoms with Crippen LogP contribution in [0.15, 0.2) is 48.5 Å². The fourth-order valence-corrected chi connectivity index (χ4v) is 2.40. The minimum atomic E-state index is -0.926. The molecule has 0 bridgehead atoms. The molecule has 2 aromatic carbocycles. The van der Waals surface area contributed by atoms with Crippen LogP contribution in [0.4, 0.5) is 13.9 Å². The van der Waals surface area contributed by atoms with E-state index in [-0.39, 0.29) is 10.7 Å². The van der Waals surface area contributed by atoms with Gasteiger partial charge in [-0.25, -0.2) is 8.78 Å². The maximum absolute atomic E-state index is 13.5. The van der Waals surface area contributed by atoms with Gasteiger partial charge in [0.05, 0.1) is 5.56 Å². The highest BCUT2D eigenvalue weighted by atomic mass is 32.1.